The monoisotopic (exact) mass is 444 g/mol. The molecule has 1 aliphatic heterocycles. The summed E-state index contributed by atoms with van der Waals surface area (Å²) < 4.78 is 29.3. The molecule has 4 rings (SSSR count). The third-order valence-corrected chi connectivity index (χ3v) is 5.07. The fraction of sp³-hybridized carbons (Fsp3) is 0.263. The maximum absolute atomic E-state index is 14.6. The van der Waals surface area contributed by atoms with Crippen LogP contribution in [0.3, 0.4) is 0 Å². The number of nitrogens with zero attached hydrogens (tertiary/aromatic N) is 7. The van der Waals surface area contributed by atoms with Crippen molar-refractivity contribution in [3.63, 3.8) is 0 Å². The number of alkyl halides is 2. The number of carbonyl (C=O) groups is 1. The van der Waals surface area contributed by atoms with Crippen molar-refractivity contribution in [1.29, 1.82) is 5.26 Å². The van der Waals surface area contributed by atoms with Crippen LogP contribution in [0, 0.1) is 11.3 Å². The molecule has 0 spiro atoms. The predicted octanol–water partition coefficient (Wildman–Crippen LogP) is 2.54. The Morgan fingerprint density at radius 3 is 2.68 bits per heavy atom. The number of rotatable bonds is 5. The van der Waals surface area contributed by atoms with E-state index in [4.69, 9.17) is 11.6 Å². The Hall–Kier alpha value is -3.65. The van der Waals surface area contributed by atoms with E-state index in [1.807, 2.05) is 6.07 Å². The molecule has 9 nitrogen and oxygen atoms in total. The summed E-state index contributed by atoms with van der Waals surface area (Å²) >= 11 is 5.74. The quantitative estimate of drug-likeness (QED) is 0.643. The van der Waals surface area contributed by atoms with Gasteiger partial charge in [0.2, 0.25) is 5.95 Å². The lowest BCUT2D eigenvalue weighted by molar-refractivity contribution is -0.0249. The van der Waals surface area contributed by atoms with Crippen LogP contribution >= 0.6 is 11.6 Å². The molecular weight excluding hydrogens is 430 g/mol. The van der Waals surface area contributed by atoms with Crippen molar-refractivity contribution in [3.05, 3.63) is 59.1 Å². The van der Waals surface area contributed by atoms with Crippen LogP contribution in [0.4, 0.5) is 14.7 Å². The largest absolute Gasteiger partial charge is 0.352 e. The van der Waals surface area contributed by atoms with Gasteiger partial charge in [-0.1, -0.05) is 11.6 Å². The minimum absolute atomic E-state index is 0.0562. The summed E-state index contributed by atoms with van der Waals surface area (Å²) in [6.45, 7) is -0.421. The average molecular weight is 445 g/mol. The molecule has 3 aromatic rings. The molecule has 1 N–H and O–H groups in total. The fourth-order valence-electron chi connectivity index (χ4n) is 3.36. The second kappa shape index (κ2) is 8.23. The Kier molecular flexibility index (Phi) is 5.48. The molecule has 1 fully saturated rings. The predicted molar refractivity (Wildman–Crippen MR) is 106 cm³/mol. The molecule has 0 radical (unpaired) electrons. The highest BCUT2D eigenvalue weighted by molar-refractivity contribution is 6.30. The smallest absolute Gasteiger partial charge is 0.271 e. The number of benzene rings is 1. The third-order valence-electron chi connectivity index (χ3n) is 4.87. The zero-order chi connectivity index (χ0) is 22.0. The van der Waals surface area contributed by atoms with Crippen molar-refractivity contribution in [1.82, 2.24) is 29.9 Å². The van der Waals surface area contributed by atoms with Gasteiger partial charge in [-0.2, -0.15) is 20.3 Å². The molecule has 31 heavy (non-hydrogen) atoms. The number of amides is 1. The number of nitrogens with one attached hydrogen (secondary N) is 1. The highest BCUT2D eigenvalue weighted by Gasteiger charge is 2.51. The van der Waals surface area contributed by atoms with Gasteiger partial charge in [0.25, 0.3) is 11.8 Å². The standard InChI is InChI=1S/C19H15ClF2N8O/c20-13-9-24-18(25-10-13)26-11-16-19(21,22)3-6-29(16)17(31)14-7-12(8-23)1-2-15(14)30-27-4-5-28-30/h1-2,4-5,7,9-10,16H,3,6,11H2,(H,24,25,26)/t16-/m1/s1. The number of carbonyl (C=O) groups excluding carboxylic acids is 1. The highest BCUT2D eigenvalue weighted by Crippen LogP contribution is 2.35. The first-order valence-corrected chi connectivity index (χ1v) is 9.58. The lowest BCUT2D eigenvalue weighted by atomic mass is 10.1. The first-order chi connectivity index (χ1) is 14.9. The van der Waals surface area contributed by atoms with Crippen LogP contribution in [-0.4, -0.2) is 60.8 Å². The fourth-order valence-corrected chi connectivity index (χ4v) is 3.46. The van der Waals surface area contributed by atoms with E-state index in [1.54, 1.807) is 0 Å². The van der Waals surface area contributed by atoms with Gasteiger partial charge in [-0.15, -0.1) is 0 Å². The number of likely N-dealkylation sites (tertiary alicyclic amines) is 1. The number of nitriles is 1. The van der Waals surface area contributed by atoms with E-state index in [0.29, 0.717) is 5.02 Å². The van der Waals surface area contributed by atoms with Crippen molar-refractivity contribution in [2.45, 2.75) is 18.4 Å². The Bertz CT molecular complexity index is 1130. The molecule has 1 amide bonds. The molecule has 1 aliphatic rings. The lowest BCUT2D eigenvalue weighted by Crippen LogP contribution is -2.47. The zero-order valence-electron chi connectivity index (χ0n) is 15.9. The SMILES string of the molecule is N#Cc1ccc(-n2nccn2)c(C(=O)N2CCC(F)(F)[C@H]2CNc2ncc(Cl)cn2)c1. The molecule has 1 aromatic carbocycles. The number of hydrogen-bond acceptors (Lipinski definition) is 7. The second-order valence-electron chi connectivity index (χ2n) is 6.79. The van der Waals surface area contributed by atoms with Crippen LogP contribution in [-0.2, 0) is 0 Å². The summed E-state index contributed by atoms with van der Waals surface area (Å²) in [6.07, 6.45) is 5.04. The maximum Gasteiger partial charge on any atom is 0.271 e. The molecule has 12 heteroatoms. The Morgan fingerprint density at radius 1 is 1.29 bits per heavy atom. The van der Waals surface area contributed by atoms with Gasteiger partial charge in [-0.05, 0) is 18.2 Å². The summed E-state index contributed by atoms with van der Waals surface area (Å²) in [7, 11) is 0. The topological polar surface area (TPSA) is 113 Å². The molecule has 1 atom stereocenters. The van der Waals surface area contributed by atoms with Crippen LogP contribution in [0.1, 0.15) is 22.3 Å². The van der Waals surface area contributed by atoms with Crippen molar-refractivity contribution in [3.8, 4) is 11.8 Å². The summed E-state index contributed by atoms with van der Waals surface area (Å²) in [6, 6.07) is 4.88. The van der Waals surface area contributed by atoms with E-state index >= 15 is 0 Å². The highest BCUT2D eigenvalue weighted by atomic mass is 35.5. The van der Waals surface area contributed by atoms with E-state index < -0.39 is 24.3 Å². The zero-order valence-corrected chi connectivity index (χ0v) is 16.7. The maximum atomic E-state index is 14.6. The normalized spacial score (nSPS) is 17.4. The van der Waals surface area contributed by atoms with Gasteiger partial charge in [-0.3, -0.25) is 4.79 Å². The van der Waals surface area contributed by atoms with Gasteiger partial charge < -0.3 is 10.2 Å². The minimum Gasteiger partial charge on any atom is -0.352 e. The van der Waals surface area contributed by atoms with Crippen molar-refractivity contribution in [2.75, 3.05) is 18.4 Å². The molecule has 1 saturated heterocycles. The first-order valence-electron chi connectivity index (χ1n) is 9.20. The summed E-state index contributed by atoms with van der Waals surface area (Å²) in [5.41, 5.74) is 0.562. The number of hydrogen-bond donors (Lipinski definition) is 1. The summed E-state index contributed by atoms with van der Waals surface area (Å²) in [5, 5.41) is 20.3. The third kappa shape index (κ3) is 4.15. The van der Waals surface area contributed by atoms with E-state index in [0.717, 1.165) is 4.90 Å². The molecule has 0 saturated carbocycles. The van der Waals surface area contributed by atoms with Crippen LogP contribution in [0.5, 0.6) is 0 Å². The van der Waals surface area contributed by atoms with Gasteiger partial charge in [-0.25, -0.2) is 18.7 Å². The average Bonchev–Trinajstić information content (AvgIpc) is 3.40. The molecule has 2 aromatic heterocycles. The molecule has 158 valence electrons. The van der Waals surface area contributed by atoms with Crippen LogP contribution < -0.4 is 5.32 Å². The lowest BCUT2D eigenvalue weighted by Gasteiger charge is -2.28. The molecule has 3 heterocycles. The van der Waals surface area contributed by atoms with Crippen LogP contribution in [0.2, 0.25) is 5.02 Å². The van der Waals surface area contributed by atoms with Gasteiger partial charge in [0.15, 0.2) is 0 Å². The summed E-state index contributed by atoms with van der Waals surface area (Å²) in [5.74, 6) is -3.65. The molecule has 0 unspecified atom stereocenters. The van der Waals surface area contributed by atoms with E-state index in [2.05, 4.69) is 25.5 Å². The number of aromatic nitrogens is 5. The van der Waals surface area contributed by atoms with Crippen molar-refractivity contribution < 1.29 is 13.6 Å². The van der Waals surface area contributed by atoms with Crippen LogP contribution in [0.25, 0.3) is 5.69 Å². The molecule has 0 bridgehead atoms. The molecule has 0 aliphatic carbocycles. The summed E-state index contributed by atoms with van der Waals surface area (Å²) in [4.78, 5) is 23.5. The minimum atomic E-state index is -3.12. The molecular formula is C19H15ClF2N8O. The first kappa shape index (κ1) is 20.6. The van der Waals surface area contributed by atoms with Crippen molar-refractivity contribution in [2.24, 2.45) is 0 Å². The number of halogens is 3. The van der Waals surface area contributed by atoms with Gasteiger partial charge in [0.05, 0.1) is 52.7 Å². The van der Waals surface area contributed by atoms with E-state index in [9.17, 15) is 18.8 Å². The van der Waals surface area contributed by atoms with Gasteiger partial charge >= 0.3 is 0 Å². The van der Waals surface area contributed by atoms with E-state index in [-0.39, 0.29) is 35.9 Å². The Labute approximate surface area is 180 Å². The second-order valence-corrected chi connectivity index (χ2v) is 7.23. The van der Waals surface area contributed by atoms with E-state index in [1.165, 1.54) is 47.8 Å². The van der Waals surface area contributed by atoms with Gasteiger partial charge in [0.1, 0.15) is 6.04 Å². The Morgan fingerprint density at radius 2 is 2.00 bits per heavy atom. The number of anilines is 1. The van der Waals surface area contributed by atoms with Gasteiger partial charge in [0, 0.05) is 19.5 Å². The Balaban J connectivity index is 1.64. The van der Waals surface area contributed by atoms with Crippen molar-refractivity contribution >= 4 is 23.5 Å². The van der Waals surface area contributed by atoms with Crippen LogP contribution in [0.15, 0.2) is 43.0 Å².